The van der Waals surface area contributed by atoms with Gasteiger partial charge in [-0.15, -0.1) is 0 Å². The van der Waals surface area contributed by atoms with Crippen molar-refractivity contribution in [1.82, 2.24) is 24.2 Å². The molecule has 15 heteroatoms. The van der Waals surface area contributed by atoms with Gasteiger partial charge in [0.15, 0.2) is 11.2 Å². The summed E-state index contributed by atoms with van der Waals surface area (Å²) in [5.74, 6) is 1.44. The molecule has 2 aromatic heterocycles. The van der Waals surface area contributed by atoms with Crippen molar-refractivity contribution < 1.29 is 28.0 Å². The van der Waals surface area contributed by atoms with Crippen LogP contribution in [-0.2, 0) is 24.1 Å². The molecule has 67 heavy (non-hydrogen) atoms. The number of hydrogen-bond donors (Lipinski definition) is 2. The van der Waals surface area contributed by atoms with Gasteiger partial charge < -0.3 is 33.7 Å². The Bertz CT molecular complexity index is 2600. The first-order chi connectivity index (χ1) is 32.6. The number of nitrogen functional groups attached to an aromatic ring is 1. The highest BCUT2D eigenvalue weighted by molar-refractivity contribution is 7.44. The lowest BCUT2D eigenvalue weighted by Crippen LogP contribution is -2.39. The van der Waals surface area contributed by atoms with E-state index in [2.05, 4.69) is 120 Å². The molecule has 7 aromatic rings. The van der Waals surface area contributed by atoms with Gasteiger partial charge in [-0.2, -0.15) is 4.98 Å². The Kier molecular flexibility index (Phi) is 15.6. The number of nitrogens with zero attached hydrogens (tertiary/aromatic N) is 4. The van der Waals surface area contributed by atoms with Crippen LogP contribution in [0, 0.1) is 0 Å². The van der Waals surface area contributed by atoms with Crippen molar-refractivity contribution in [2.75, 3.05) is 33.2 Å². The number of anilines is 1. The second-order valence-corrected chi connectivity index (χ2v) is 20.8. The molecular weight excluding hydrogens is 880 g/mol. The average Bonchev–Trinajstić information content (AvgIpc) is 3.96. The molecule has 1 fully saturated rings. The fourth-order valence-electron chi connectivity index (χ4n) is 9.13. The van der Waals surface area contributed by atoms with Gasteiger partial charge in [0.2, 0.25) is 5.95 Å². The maximum atomic E-state index is 13.0. The number of aromatic nitrogens is 4. The van der Waals surface area contributed by atoms with Gasteiger partial charge in [-0.1, -0.05) is 115 Å². The highest BCUT2D eigenvalue weighted by Crippen LogP contribution is 2.51. The highest BCUT2D eigenvalue weighted by atomic mass is 31.2. The first-order valence-corrected chi connectivity index (χ1v) is 25.9. The molecule has 0 saturated carbocycles. The fourth-order valence-corrected chi connectivity index (χ4v) is 13.1. The maximum absolute atomic E-state index is 13.0. The number of rotatable bonds is 21. The minimum absolute atomic E-state index is 0.0108. The summed E-state index contributed by atoms with van der Waals surface area (Å²) in [6.45, 7) is 9.36. The van der Waals surface area contributed by atoms with Gasteiger partial charge >= 0.3 is 0 Å². The Labute approximate surface area is 396 Å². The van der Waals surface area contributed by atoms with Gasteiger partial charge in [0.1, 0.15) is 29.4 Å². The van der Waals surface area contributed by atoms with Crippen LogP contribution in [0.4, 0.5) is 5.95 Å². The molecular formula is C52H61N6O7PSi. The molecule has 5 aromatic carbocycles. The lowest BCUT2D eigenvalue weighted by atomic mass is 9.80. The second kappa shape index (κ2) is 21.9. The van der Waals surface area contributed by atoms with Crippen LogP contribution >= 0.6 is 8.53 Å². The minimum Gasteiger partial charge on any atom is -0.497 e. The molecule has 1 aliphatic heterocycles. The summed E-state index contributed by atoms with van der Waals surface area (Å²) in [4.78, 5) is 24.4. The van der Waals surface area contributed by atoms with Crippen LogP contribution in [0.2, 0.25) is 6.04 Å². The third kappa shape index (κ3) is 10.7. The average molecular weight is 941 g/mol. The Morgan fingerprint density at radius 1 is 0.806 bits per heavy atom. The topological polar surface area (TPSA) is 148 Å². The van der Waals surface area contributed by atoms with Crippen LogP contribution < -0.4 is 20.8 Å². The normalized spacial score (nSPS) is 17.1. The van der Waals surface area contributed by atoms with Crippen LogP contribution in [0.15, 0.2) is 151 Å². The first-order valence-electron chi connectivity index (χ1n) is 22.9. The number of ether oxygens (including phenoxy) is 4. The molecule has 4 atom stereocenters. The summed E-state index contributed by atoms with van der Waals surface area (Å²) in [5, 5.41) is 0. The Balaban J connectivity index is 1.14. The van der Waals surface area contributed by atoms with Crippen molar-refractivity contribution in [3.05, 3.63) is 184 Å². The molecule has 0 spiro atoms. The zero-order chi connectivity index (χ0) is 46.9. The SMILES string of the molecule is COc1ccc(C(OC[C@H]2O[C@@H](n3cnc4c(=O)[nH]c(N)nc43)C[C@@H]2OP(OCC[SiH2]C(c2ccccc2)c2ccccc2)N(C(C)C)C(C)C)(c2ccccc2)c2ccc(OC)cc2)cc1. The molecule has 1 aliphatic rings. The number of H-pyrrole nitrogens is 1. The smallest absolute Gasteiger partial charge is 0.280 e. The van der Waals surface area contributed by atoms with Crippen LogP contribution in [0.1, 0.15) is 73.7 Å². The van der Waals surface area contributed by atoms with E-state index in [-0.39, 0.29) is 30.2 Å². The lowest BCUT2D eigenvalue weighted by Gasteiger charge is -2.39. The van der Waals surface area contributed by atoms with Gasteiger partial charge in [0.05, 0.1) is 39.9 Å². The molecule has 1 saturated heterocycles. The predicted octanol–water partition coefficient (Wildman–Crippen LogP) is 9.14. The second-order valence-electron chi connectivity index (χ2n) is 17.3. The summed E-state index contributed by atoms with van der Waals surface area (Å²) in [7, 11) is 1.01. The summed E-state index contributed by atoms with van der Waals surface area (Å²) in [6, 6.07) is 48.8. The monoisotopic (exact) mass is 940 g/mol. The zero-order valence-corrected chi connectivity index (χ0v) is 41.3. The minimum atomic E-state index is -1.61. The molecule has 350 valence electrons. The van der Waals surface area contributed by atoms with Gasteiger partial charge in [-0.25, -0.2) is 9.65 Å². The van der Waals surface area contributed by atoms with E-state index in [0.717, 1.165) is 34.2 Å². The number of nitrogens with one attached hydrogen (secondary N) is 1. The summed E-state index contributed by atoms with van der Waals surface area (Å²) >= 11 is 0. The van der Waals surface area contributed by atoms with Crippen LogP contribution in [0.5, 0.6) is 11.5 Å². The fraction of sp³-hybridized carbons (Fsp3) is 0.327. The first kappa shape index (κ1) is 47.8. The van der Waals surface area contributed by atoms with Crippen LogP contribution in [-0.4, -0.2) is 85.4 Å². The molecule has 8 rings (SSSR count). The van der Waals surface area contributed by atoms with Crippen molar-refractivity contribution in [2.45, 2.75) is 81.8 Å². The van der Waals surface area contributed by atoms with Gasteiger partial charge in [-0.3, -0.25) is 14.3 Å². The third-order valence-electron chi connectivity index (χ3n) is 12.3. The molecule has 3 heterocycles. The summed E-state index contributed by atoms with van der Waals surface area (Å²) < 4.78 is 44.0. The zero-order valence-electron chi connectivity index (χ0n) is 39.0. The van der Waals surface area contributed by atoms with Crippen molar-refractivity contribution in [3.8, 4) is 11.5 Å². The van der Waals surface area contributed by atoms with E-state index >= 15 is 0 Å². The molecule has 0 bridgehead atoms. The Hall–Kier alpha value is -5.70. The summed E-state index contributed by atoms with van der Waals surface area (Å²) in [5.41, 5.74) is 10.8. The van der Waals surface area contributed by atoms with Crippen molar-refractivity contribution in [1.29, 1.82) is 0 Å². The number of aromatic amines is 1. The van der Waals surface area contributed by atoms with E-state index in [1.807, 2.05) is 66.7 Å². The molecule has 0 amide bonds. The predicted molar refractivity (Wildman–Crippen MR) is 267 cm³/mol. The standard InChI is InChI=1S/C52H61N6O7PSi/c1-35(2)58(36(3)4)66(63-30-31-67-48(37-16-10-7-11-17-37)38-18-12-8-13-19-38)65-44-32-46(57-34-54-47-49(57)55-51(53)56-50(47)59)64-45(44)33-62-52(39-20-14-9-15-21-39,40-22-26-42(60-5)27-23-40)41-24-28-43(61-6)29-25-41/h7-29,34-36,44-46,48H,30-33,67H2,1-6H3,(H3,53,55,56,59)/t44-,45+,46+,66?/m0/s1. The van der Waals surface area contributed by atoms with E-state index in [1.54, 1.807) is 25.1 Å². The lowest BCUT2D eigenvalue weighted by molar-refractivity contribution is -0.0911. The van der Waals surface area contributed by atoms with E-state index in [9.17, 15) is 4.79 Å². The number of benzene rings is 5. The van der Waals surface area contributed by atoms with Gasteiger partial charge in [-0.05, 0) is 91.4 Å². The van der Waals surface area contributed by atoms with Crippen LogP contribution in [0.25, 0.3) is 11.2 Å². The quantitative estimate of drug-likeness (QED) is 0.0308. The van der Waals surface area contributed by atoms with Gasteiger partial charge in [0, 0.05) is 28.0 Å². The van der Waals surface area contributed by atoms with E-state index in [1.165, 1.54) is 11.1 Å². The number of fused-ring (bicyclic) bond motifs is 1. The van der Waals surface area contributed by atoms with Crippen molar-refractivity contribution >= 4 is 35.2 Å². The van der Waals surface area contributed by atoms with Crippen LogP contribution in [0.3, 0.4) is 0 Å². The largest absolute Gasteiger partial charge is 0.497 e. The van der Waals surface area contributed by atoms with Crippen molar-refractivity contribution in [2.24, 2.45) is 0 Å². The molecule has 0 aliphatic carbocycles. The third-order valence-corrected chi connectivity index (χ3v) is 16.7. The number of methoxy groups -OCH3 is 2. The van der Waals surface area contributed by atoms with E-state index in [0.29, 0.717) is 24.2 Å². The number of hydrogen-bond acceptors (Lipinski definition) is 11. The van der Waals surface area contributed by atoms with E-state index < -0.39 is 47.6 Å². The molecule has 13 nitrogen and oxygen atoms in total. The molecule has 0 radical (unpaired) electrons. The maximum Gasteiger partial charge on any atom is 0.280 e. The highest BCUT2D eigenvalue weighted by Gasteiger charge is 2.45. The molecule has 3 N–H and O–H groups in total. The Morgan fingerprint density at radius 3 is 1.88 bits per heavy atom. The number of nitrogens with two attached hydrogens (primary N) is 1. The van der Waals surface area contributed by atoms with E-state index in [4.69, 9.17) is 33.7 Å². The Morgan fingerprint density at radius 2 is 1.34 bits per heavy atom. The summed E-state index contributed by atoms with van der Waals surface area (Å²) in [6.07, 6.45) is 0.202. The molecule has 1 unspecified atom stereocenters. The van der Waals surface area contributed by atoms with Gasteiger partial charge in [0.25, 0.3) is 14.1 Å². The van der Waals surface area contributed by atoms with Crippen molar-refractivity contribution in [3.63, 3.8) is 0 Å². The number of imidazole rings is 1.